The Hall–Kier alpha value is -2.27. The van der Waals surface area contributed by atoms with Gasteiger partial charge < -0.3 is 10.3 Å². The van der Waals surface area contributed by atoms with Gasteiger partial charge in [-0.1, -0.05) is 31.4 Å². The summed E-state index contributed by atoms with van der Waals surface area (Å²) in [5, 5.41) is 4.71. The lowest BCUT2D eigenvalue weighted by molar-refractivity contribution is 0.169. The second kappa shape index (κ2) is 6.71. The zero-order valence-electron chi connectivity index (χ0n) is 15.5. The van der Waals surface area contributed by atoms with E-state index < -0.39 is 0 Å². The van der Waals surface area contributed by atoms with Gasteiger partial charge in [-0.25, -0.2) is 14.4 Å². The molecule has 2 aliphatic rings. The molecule has 27 heavy (non-hydrogen) atoms. The monoisotopic (exact) mass is 364 g/mol. The van der Waals surface area contributed by atoms with Crippen molar-refractivity contribution in [2.24, 2.45) is 0 Å². The summed E-state index contributed by atoms with van der Waals surface area (Å²) in [4.78, 5) is 12.1. The van der Waals surface area contributed by atoms with Gasteiger partial charge in [0.1, 0.15) is 12.1 Å². The highest BCUT2D eigenvalue weighted by molar-refractivity contribution is 5.95. The zero-order valence-corrected chi connectivity index (χ0v) is 15.5. The molecular formula is C22H25FN4. The van der Waals surface area contributed by atoms with Crippen LogP contribution >= 0.6 is 0 Å². The fraction of sp³-hybridized carbons (Fsp3) is 0.455. The quantitative estimate of drug-likeness (QED) is 0.678. The number of fused-ring (bicyclic) bond motifs is 1. The Morgan fingerprint density at radius 2 is 2.04 bits per heavy atom. The van der Waals surface area contributed by atoms with Crippen molar-refractivity contribution in [1.29, 1.82) is 0 Å². The fourth-order valence-corrected chi connectivity index (χ4v) is 5.21. The number of rotatable bonds is 2. The molecule has 1 atom stereocenters. The maximum atomic E-state index is 14.1. The lowest BCUT2D eigenvalue weighted by Gasteiger charge is -2.45. The van der Waals surface area contributed by atoms with E-state index in [1.807, 2.05) is 18.5 Å². The molecule has 1 aliphatic carbocycles. The maximum Gasteiger partial charge on any atom is 0.147 e. The molecule has 1 saturated heterocycles. The third-order valence-corrected chi connectivity index (χ3v) is 6.54. The van der Waals surface area contributed by atoms with E-state index >= 15 is 0 Å². The van der Waals surface area contributed by atoms with Crippen LogP contribution in [0.4, 0.5) is 4.39 Å². The number of aromatic nitrogens is 3. The van der Waals surface area contributed by atoms with Crippen LogP contribution in [0.2, 0.25) is 0 Å². The molecule has 0 radical (unpaired) electrons. The van der Waals surface area contributed by atoms with Crippen LogP contribution in [-0.4, -0.2) is 27.0 Å². The SMILES string of the molecule is Fc1cccc2c(-c3ncncc3C3CCNC4(CCCCC4)C3)c[nH]c12. The van der Waals surface area contributed by atoms with Crippen LogP contribution in [0.3, 0.4) is 0 Å². The number of hydrogen-bond acceptors (Lipinski definition) is 3. The Labute approximate surface area is 158 Å². The highest BCUT2D eigenvalue weighted by Gasteiger charge is 2.38. The first-order valence-corrected chi connectivity index (χ1v) is 10.1. The summed E-state index contributed by atoms with van der Waals surface area (Å²) in [5.41, 5.74) is 3.94. The van der Waals surface area contributed by atoms with Crippen molar-refractivity contribution in [2.75, 3.05) is 6.54 Å². The standard InChI is InChI=1S/C22H25FN4/c23-19-6-4-5-16-18(13-25-21(16)19)20-17(12-24-14-26-20)15-7-10-27-22(11-15)8-2-1-3-9-22/h4-6,12-15,25,27H,1-3,7-11H2. The van der Waals surface area contributed by atoms with Crippen molar-refractivity contribution in [3.05, 3.63) is 48.3 Å². The first kappa shape index (κ1) is 16.9. The van der Waals surface area contributed by atoms with Crippen molar-refractivity contribution in [3.63, 3.8) is 0 Å². The average Bonchev–Trinajstić information content (AvgIpc) is 3.14. The van der Waals surface area contributed by atoms with E-state index in [9.17, 15) is 4.39 Å². The van der Waals surface area contributed by atoms with E-state index in [1.165, 1.54) is 43.7 Å². The van der Waals surface area contributed by atoms with Crippen LogP contribution in [0.25, 0.3) is 22.2 Å². The van der Waals surface area contributed by atoms with Crippen molar-refractivity contribution < 1.29 is 4.39 Å². The van der Waals surface area contributed by atoms with Gasteiger partial charge in [0, 0.05) is 34.4 Å². The molecule has 2 aromatic heterocycles. The number of hydrogen-bond donors (Lipinski definition) is 2. The number of H-pyrrole nitrogens is 1. The normalized spacial score (nSPS) is 22.3. The van der Waals surface area contributed by atoms with Crippen molar-refractivity contribution in [3.8, 4) is 11.3 Å². The number of nitrogens with one attached hydrogen (secondary N) is 2. The van der Waals surface area contributed by atoms with E-state index in [4.69, 9.17) is 0 Å². The average molecular weight is 364 g/mol. The van der Waals surface area contributed by atoms with Gasteiger partial charge in [-0.3, -0.25) is 0 Å². The lowest BCUT2D eigenvalue weighted by Crippen LogP contribution is -2.51. The predicted molar refractivity (Wildman–Crippen MR) is 105 cm³/mol. The van der Waals surface area contributed by atoms with Gasteiger partial charge in [-0.05, 0) is 44.2 Å². The molecule has 1 aromatic carbocycles. The first-order chi connectivity index (χ1) is 13.3. The minimum absolute atomic E-state index is 0.225. The van der Waals surface area contributed by atoms with Crippen molar-refractivity contribution in [1.82, 2.24) is 20.3 Å². The van der Waals surface area contributed by atoms with Gasteiger partial charge in [0.25, 0.3) is 0 Å². The summed E-state index contributed by atoms with van der Waals surface area (Å²) in [7, 11) is 0. The maximum absolute atomic E-state index is 14.1. The van der Waals surface area contributed by atoms with Gasteiger partial charge in [0.05, 0.1) is 11.2 Å². The Balaban J connectivity index is 1.55. The van der Waals surface area contributed by atoms with Crippen LogP contribution in [-0.2, 0) is 0 Å². The highest BCUT2D eigenvalue weighted by Crippen LogP contribution is 2.43. The van der Waals surface area contributed by atoms with Crippen LogP contribution in [0.15, 0.2) is 36.9 Å². The van der Waals surface area contributed by atoms with Crippen LogP contribution < -0.4 is 5.32 Å². The minimum atomic E-state index is -0.225. The zero-order chi connectivity index (χ0) is 18.3. The number of benzene rings is 1. The molecule has 3 heterocycles. The molecule has 5 rings (SSSR count). The number of halogens is 1. The predicted octanol–water partition coefficient (Wildman–Crippen LogP) is 4.93. The third-order valence-electron chi connectivity index (χ3n) is 6.54. The van der Waals surface area contributed by atoms with Gasteiger partial charge in [-0.15, -0.1) is 0 Å². The Bertz CT molecular complexity index is 952. The van der Waals surface area contributed by atoms with Gasteiger partial charge >= 0.3 is 0 Å². The van der Waals surface area contributed by atoms with E-state index in [0.717, 1.165) is 36.0 Å². The Morgan fingerprint density at radius 3 is 2.93 bits per heavy atom. The van der Waals surface area contributed by atoms with Gasteiger partial charge in [-0.2, -0.15) is 0 Å². The second-order valence-electron chi connectivity index (χ2n) is 8.15. The molecule has 1 saturated carbocycles. The number of piperidine rings is 1. The summed E-state index contributed by atoms with van der Waals surface area (Å²) in [6.07, 6.45) is 14.2. The highest BCUT2D eigenvalue weighted by atomic mass is 19.1. The summed E-state index contributed by atoms with van der Waals surface area (Å²) >= 11 is 0. The molecule has 1 spiro atoms. The molecular weight excluding hydrogens is 339 g/mol. The van der Waals surface area contributed by atoms with Crippen LogP contribution in [0, 0.1) is 5.82 Å². The van der Waals surface area contributed by atoms with Gasteiger partial charge in [0.2, 0.25) is 0 Å². The fourth-order valence-electron chi connectivity index (χ4n) is 5.21. The minimum Gasteiger partial charge on any atom is -0.358 e. The summed E-state index contributed by atoms with van der Waals surface area (Å²) in [5.74, 6) is 0.219. The molecule has 0 bridgehead atoms. The van der Waals surface area contributed by atoms with E-state index in [2.05, 4.69) is 20.3 Å². The van der Waals surface area contributed by atoms with Crippen LogP contribution in [0.5, 0.6) is 0 Å². The molecule has 5 heteroatoms. The van der Waals surface area contributed by atoms with Gasteiger partial charge in [0.15, 0.2) is 0 Å². The van der Waals surface area contributed by atoms with E-state index in [0.29, 0.717) is 11.4 Å². The van der Waals surface area contributed by atoms with Crippen molar-refractivity contribution >= 4 is 10.9 Å². The van der Waals surface area contributed by atoms with Crippen LogP contribution in [0.1, 0.15) is 56.4 Å². The smallest absolute Gasteiger partial charge is 0.147 e. The Kier molecular flexibility index (Phi) is 4.20. The Morgan fingerprint density at radius 1 is 1.15 bits per heavy atom. The largest absolute Gasteiger partial charge is 0.358 e. The molecule has 140 valence electrons. The van der Waals surface area contributed by atoms with Crippen molar-refractivity contribution in [2.45, 2.75) is 56.4 Å². The summed E-state index contributed by atoms with van der Waals surface area (Å²) < 4.78 is 14.1. The number of nitrogens with zero attached hydrogens (tertiary/aromatic N) is 2. The van der Waals surface area contributed by atoms with E-state index in [1.54, 1.807) is 12.4 Å². The molecule has 2 fully saturated rings. The molecule has 2 N–H and O–H groups in total. The lowest BCUT2D eigenvalue weighted by atomic mass is 9.71. The topological polar surface area (TPSA) is 53.6 Å². The molecule has 3 aromatic rings. The molecule has 1 aliphatic heterocycles. The second-order valence-corrected chi connectivity index (χ2v) is 8.15. The molecule has 0 amide bonds. The molecule has 1 unspecified atom stereocenters. The third kappa shape index (κ3) is 2.94. The van der Waals surface area contributed by atoms with E-state index in [-0.39, 0.29) is 11.4 Å². The first-order valence-electron chi connectivity index (χ1n) is 10.1. The summed E-state index contributed by atoms with van der Waals surface area (Å²) in [6, 6.07) is 5.21. The number of para-hydroxylation sites is 1. The number of aromatic amines is 1. The summed E-state index contributed by atoms with van der Waals surface area (Å²) in [6.45, 7) is 1.04. The molecule has 4 nitrogen and oxygen atoms in total.